The molecule has 0 radical (unpaired) electrons. The molecule has 158 valence electrons. The number of amides is 2. The second-order valence-corrected chi connectivity index (χ2v) is 8.13. The highest BCUT2D eigenvalue weighted by Crippen LogP contribution is 2.23. The predicted octanol–water partition coefficient (Wildman–Crippen LogP) is 3.88. The Kier molecular flexibility index (Phi) is 7.29. The summed E-state index contributed by atoms with van der Waals surface area (Å²) < 4.78 is 1.96. The fourth-order valence-corrected chi connectivity index (χ4v) is 4.33. The molecule has 0 atom stereocenters. The van der Waals surface area contributed by atoms with E-state index in [9.17, 15) is 9.59 Å². The molecular formula is C23H34N4O2. The van der Waals surface area contributed by atoms with Crippen LogP contribution in [0.15, 0.2) is 24.3 Å². The van der Waals surface area contributed by atoms with Gasteiger partial charge in [0.25, 0.3) is 0 Å². The van der Waals surface area contributed by atoms with Gasteiger partial charge in [0.2, 0.25) is 11.8 Å². The Balaban J connectivity index is 1.77. The Morgan fingerprint density at radius 2 is 1.86 bits per heavy atom. The van der Waals surface area contributed by atoms with Gasteiger partial charge in [0.1, 0.15) is 12.4 Å². The SMILES string of the molecule is CCC(CC)C(=O)NCc1nc2ccccc2n1CC(=O)N(C)C1CCCCC1. The molecule has 1 aliphatic carbocycles. The first-order valence-corrected chi connectivity index (χ1v) is 11.0. The minimum Gasteiger partial charge on any atom is -0.349 e. The maximum Gasteiger partial charge on any atom is 0.242 e. The molecule has 1 saturated carbocycles. The minimum atomic E-state index is 0.0203. The van der Waals surface area contributed by atoms with Crippen LogP contribution in [-0.2, 0) is 22.7 Å². The molecule has 1 aliphatic rings. The average Bonchev–Trinajstić information content (AvgIpc) is 3.10. The van der Waals surface area contributed by atoms with Crippen molar-refractivity contribution in [2.24, 2.45) is 5.92 Å². The molecule has 2 amide bonds. The smallest absolute Gasteiger partial charge is 0.242 e. The van der Waals surface area contributed by atoms with Crippen LogP contribution in [0.25, 0.3) is 11.0 Å². The Labute approximate surface area is 173 Å². The maximum absolute atomic E-state index is 13.0. The third-order valence-corrected chi connectivity index (χ3v) is 6.32. The summed E-state index contributed by atoms with van der Waals surface area (Å²) in [6.07, 6.45) is 7.49. The number of hydrogen-bond acceptors (Lipinski definition) is 3. The van der Waals surface area contributed by atoms with E-state index in [0.717, 1.165) is 42.5 Å². The van der Waals surface area contributed by atoms with Gasteiger partial charge in [0, 0.05) is 19.0 Å². The second kappa shape index (κ2) is 9.90. The van der Waals surface area contributed by atoms with Crippen molar-refractivity contribution in [1.82, 2.24) is 19.8 Å². The van der Waals surface area contributed by atoms with Gasteiger partial charge in [0.15, 0.2) is 0 Å². The Morgan fingerprint density at radius 3 is 2.55 bits per heavy atom. The zero-order valence-electron chi connectivity index (χ0n) is 18.0. The first-order chi connectivity index (χ1) is 14.0. The van der Waals surface area contributed by atoms with E-state index in [1.165, 1.54) is 19.3 Å². The van der Waals surface area contributed by atoms with Crippen LogP contribution >= 0.6 is 0 Å². The molecule has 0 bridgehead atoms. The van der Waals surface area contributed by atoms with Crippen molar-refractivity contribution < 1.29 is 9.59 Å². The number of benzene rings is 1. The van der Waals surface area contributed by atoms with Gasteiger partial charge >= 0.3 is 0 Å². The number of carbonyl (C=O) groups is 2. The summed E-state index contributed by atoms with van der Waals surface area (Å²) in [4.78, 5) is 32.1. The van der Waals surface area contributed by atoms with E-state index in [0.29, 0.717) is 12.6 Å². The molecule has 0 saturated heterocycles. The quantitative estimate of drug-likeness (QED) is 0.734. The number of aromatic nitrogens is 2. The summed E-state index contributed by atoms with van der Waals surface area (Å²) in [7, 11) is 1.92. The predicted molar refractivity (Wildman–Crippen MR) is 115 cm³/mol. The summed E-state index contributed by atoms with van der Waals surface area (Å²) in [6, 6.07) is 8.18. The number of nitrogens with one attached hydrogen (secondary N) is 1. The van der Waals surface area contributed by atoms with Crippen molar-refractivity contribution in [2.45, 2.75) is 77.9 Å². The third-order valence-electron chi connectivity index (χ3n) is 6.32. The summed E-state index contributed by atoms with van der Waals surface area (Å²) in [6.45, 7) is 4.65. The molecule has 1 fully saturated rings. The lowest BCUT2D eigenvalue weighted by atomic mass is 9.94. The summed E-state index contributed by atoms with van der Waals surface area (Å²) >= 11 is 0. The van der Waals surface area contributed by atoms with E-state index in [1.807, 2.05) is 54.6 Å². The minimum absolute atomic E-state index is 0.0203. The van der Waals surface area contributed by atoms with Gasteiger partial charge < -0.3 is 14.8 Å². The van der Waals surface area contributed by atoms with Crippen LogP contribution < -0.4 is 5.32 Å². The van der Waals surface area contributed by atoms with Gasteiger partial charge in [-0.2, -0.15) is 0 Å². The maximum atomic E-state index is 13.0. The van der Waals surface area contributed by atoms with E-state index in [-0.39, 0.29) is 24.3 Å². The van der Waals surface area contributed by atoms with Crippen LogP contribution in [0.1, 0.15) is 64.6 Å². The number of rotatable bonds is 8. The first-order valence-electron chi connectivity index (χ1n) is 11.0. The highest BCUT2D eigenvalue weighted by Gasteiger charge is 2.24. The number of likely N-dealkylation sites (N-methyl/N-ethyl adjacent to an activating group) is 1. The molecule has 6 nitrogen and oxygen atoms in total. The van der Waals surface area contributed by atoms with Crippen LogP contribution in [0.4, 0.5) is 0 Å². The molecule has 0 spiro atoms. The van der Waals surface area contributed by atoms with Gasteiger partial charge in [0.05, 0.1) is 17.6 Å². The zero-order valence-corrected chi connectivity index (χ0v) is 18.0. The molecule has 1 N–H and O–H groups in total. The van der Waals surface area contributed by atoms with E-state index < -0.39 is 0 Å². The van der Waals surface area contributed by atoms with Gasteiger partial charge in [-0.15, -0.1) is 0 Å². The van der Waals surface area contributed by atoms with Crippen LogP contribution in [0.5, 0.6) is 0 Å². The highest BCUT2D eigenvalue weighted by molar-refractivity contribution is 5.82. The topological polar surface area (TPSA) is 67.2 Å². The Morgan fingerprint density at radius 1 is 1.17 bits per heavy atom. The number of fused-ring (bicyclic) bond motifs is 1. The summed E-state index contributed by atoms with van der Waals surface area (Å²) in [5.74, 6) is 0.912. The van der Waals surface area contributed by atoms with Crippen molar-refractivity contribution in [3.8, 4) is 0 Å². The summed E-state index contributed by atoms with van der Waals surface area (Å²) in [5, 5.41) is 3.02. The van der Waals surface area contributed by atoms with E-state index >= 15 is 0 Å². The van der Waals surface area contributed by atoms with Crippen molar-refractivity contribution in [1.29, 1.82) is 0 Å². The van der Waals surface area contributed by atoms with E-state index in [1.54, 1.807) is 0 Å². The van der Waals surface area contributed by atoms with Crippen molar-refractivity contribution in [3.05, 3.63) is 30.1 Å². The molecule has 2 aromatic rings. The normalized spacial score (nSPS) is 15.0. The fourth-order valence-electron chi connectivity index (χ4n) is 4.33. The van der Waals surface area contributed by atoms with Crippen LogP contribution in [0.3, 0.4) is 0 Å². The number of hydrogen-bond donors (Lipinski definition) is 1. The second-order valence-electron chi connectivity index (χ2n) is 8.13. The molecule has 1 aromatic heterocycles. The number of para-hydroxylation sites is 2. The Hall–Kier alpha value is -2.37. The fraction of sp³-hybridized carbons (Fsp3) is 0.609. The zero-order chi connectivity index (χ0) is 20.8. The Bertz CT molecular complexity index is 835. The summed E-state index contributed by atoms with van der Waals surface area (Å²) in [5.41, 5.74) is 1.79. The van der Waals surface area contributed by atoms with Crippen LogP contribution in [0, 0.1) is 5.92 Å². The van der Waals surface area contributed by atoms with Crippen molar-refractivity contribution >= 4 is 22.8 Å². The number of carbonyl (C=O) groups excluding carboxylic acids is 2. The monoisotopic (exact) mass is 398 g/mol. The van der Waals surface area contributed by atoms with Gasteiger partial charge in [-0.25, -0.2) is 4.98 Å². The molecule has 29 heavy (non-hydrogen) atoms. The van der Waals surface area contributed by atoms with Gasteiger partial charge in [-0.05, 0) is 37.8 Å². The van der Waals surface area contributed by atoms with E-state index in [4.69, 9.17) is 4.98 Å². The lowest BCUT2D eigenvalue weighted by Crippen LogP contribution is -2.40. The first kappa shape index (κ1) is 21.3. The largest absolute Gasteiger partial charge is 0.349 e. The lowest BCUT2D eigenvalue weighted by Gasteiger charge is -2.31. The van der Waals surface area contributed by atoms with Crippen molar-refractivity contribution in [2.75, 3.05) is 7.05 Å². The molecule has 3 rings (SSSR count). The standard InChI is InChI=1S/C23H34N4O2/c1-4-17(5-2)23(29)24-15-21-25-19-13-9-10-14-20(19)27(21)16-22(28)26(3)18-11-7-6-8-12-18/h9-10,13-14,17-18H,4-8,11-12,15-16H2,1-3H3,(H,24,29). The number of nitrogens with zero attached hydrogens (tertiary/aromatic N) is 3. The number of imidazole rings is 1. The highest BCUT2D eigenvalue weighted by atomic mass is 16.2. The van der Waals surface area contributed by atoms with E-state index in [2.05, 4.69) is 5.32 Å². The van der Waals surface area contributed by atoms with Gasteiger partial charge in [-0.1, -0.05) is 45.2 Å². The lowest BCUT2D eigenvalue weighted by molar-refractivity contribution is -0.133. The third kappa shape index (κ3) is 4.98. The molecule has 1 heterocycles. The van der Waals surface area contributed by atoms with Crippen molar-refractivity contribution in [3.63, 3.8) is 0 Å². The molecular weight excluding hydrogens is 364 g/mol. The molecule has 1 aromatic carbocycles. The molecule has 0 aliphatic heterocycles. The molecule has 6 heteroatoms. The average molecular weight is 399 g/mol. The van der Waals surface area contributed by atoms with Gasteiger partial charge in [-0.3, -0.25) is 9.59 Å². The molecule has 0 unspecified atom stereocenters. The van der Waals surface area contributed by atoms with Crippen LogP contribution in [0.2, 0.25) is 0 Å². The van der Waals surface area contributed by atoms with Crippen LogP contribution in [-0.4, -0.2) is 39.4 Å².